The Hall–Kier alpha value is -2.50. The van der Waals surface area contributed by atoms with E-state index in [1.54, 1.807) is 7.11 Å². The SMILES string of the molecule is COc1cccc2c1OC[C@@H](C(=O)N[C@H]1CCc3nccn3C1)C2. The molecule has 4 rings (SSSR count). The summed E-state index contributed by atoms with van der Waals surface area (Å²) in [5.41, 5.74) is 1.03. The Labute approximate surface area is 140 Å². The molecule has 0 saturated carbocycles. The summed E-state index contributed by atoms with van der Waals surface area (Å²) in [4.78, 5) is 17.0. The molecule has 6 heteroatoms. The molecule has 2 aliphatic heterocycles. The van der Waals surface area contributed by atoms with Crippen LogP contribution in [0.15, 0.2) is 30.6 Å². The van der Waals surface area contributed by atoms with Crippen LogP contribution in [0, 0.1) is 5.92 Å². The third-order valence-corrected chi connectivity index (χ3v) is 4.83. The van der Waals surface area contributed by atoms with Crippen LogP contribution in [0.25, 0.3) is 0 Å². The minimum atomic E-state index is -0.159. The molecule has 0 spiro atoms. The average molecular weight is 327 g/mol. The fourth-order valence-electron chi connectivity index (χ4n) is 3.53. The molecule has 1 N–H and O–H groups in total. The Bertz CT molecular complexity index is 756. The van der Waals surface area contributed by atoms with Crippen molar-refractivity contribution in [2.45, 2.75) is 31.8 Å². The molecular formula is C18H21N3O3. The molecule has 0 aliphatic carbocycles. The summed E-state index contributed by atoms with van der Waals surface area (Å²) in [5, 5.41) is 3.18. The van der Waals surface area contributed by atoms with Crippen LogP contribution < -0.4 is 14.8 Å². The van der Waals surface area contributed by atoms with E-state index in [2.05, 4.69) is 14.9 Å². The zero-order valence-electron chi connectivity index (χ0n) is 13.7. The van der Waals surface area contributed by atoms with Crippen LogP contribution in [0.4, 0.5) is 0 Å². The first kappa shape index (κ1) is 15.1. The van der Waals surface area contributed by atoms with Gasteiger partial charge in [-0.3, -0.25) is 4.79 Å². The molecule has 2 aliphatic rings. The third kappa shape index (κ3) is 2.72. The van der Waals surface area contributed by atoms with Crippen molar-refractivity contribution in [1.29, 1.82) is 0 Å². The van der Waals surface area contributed by atoms with E-state index < -0.39 is 0 Å². The summed E-state index contributed by atoms with van der Waals surface area (Å²) >= 11 is 0. The van der Waals surface area contributed by atoms with Crippen molar-refractivity contribution >= 4 is 5.91 Å². The number of rotatable bonds is 3. The van der Waals surface area contributed by atoms with Gasteiger partial charge < -0.3 is 19.4 Å². The Kier molecular flexibility index (Phi) is 3.88. The quantitative estimate of drug-likeness (QED) is 0.929. The number of benzene rings is 1. The maximum atomic E-state index is 12.6. The summed E-state index contributed by atoms with van der Waals surface area (Å²) < 4.78 is 13.2. The second-order valence-electron chi connectivity index (χ2n) is 6.40. The molecule has 126 valence electrons. The summed E-state index contributed by atoms with van der Waals surface area (Å²) in [6, 6.07) is 5.97. The third-order valence-electron chi connectivity index (χ3n) is 4.83. The highest BCUT2D eigenvalue weighted by Gasteiger charge is 2.30. The van der Waals surface area contributed by atoms with Gasteiger partial charge in [0.1, 0.15) is 12.4 Å². The van der Waals surface area contributed by atoms with E-state index in [0.29, 0.717) is 13.0 Å². The van der Waals surface area contributed by atoms with Gasteiger partial charge in [0.2, 0.25) is 5.91 Å². The lowest BCUT2D eigenvalue weighted by atomic mass is 9.95. The normalized spacial score (nSPS) is 22.0. The lowest BCUT2D eigenvalue weighted by Gasteiger charge is -2.29. The van der Waals surface area contributed by atoms with Crippen molar-refractivity contribution in [3.8, 4) is 11.5 Å². The lowest BCUT2D eigenvalue weighted by Crippen LogP contribution is -2.46. The number of aromatic nitrogens is 2. The Balaban J connectivity index is 1.41. The molecule has 0 saturated heterocycles. The number of hydrogen-bond acceptors (Lipinski definition) is 4. The molecule has 2 aromatic rings. The standard InChI is InChI=1S/C18H21N3O3/c1-23-15-4-2-3-12-9-13(11-24-17(12)15)18(22)20-14-5-6-16-19-7-8-21(16)10-14/h2-4,7-8,13-14H,5-6,9-11H2,1H3,(H,20,22)/t13-,14-/m0/s1. The van der Waals surface area contributed by atoms with E-state index in [1.165, 1.54) is 0 Å². The maximum Gasteiger partial charge on any atom is 0.227 e. The molecule has 6 nitrogen and oxygen atoms in total. The van der Waals surface area contributed by atoms with Crippen molar-refractivity contribution < 1.29 is 14.3 Å². The Morgan fingerprint density at radius 2 is 2.38 bits per heavy atom. The van der Waals surface area contributed by atoms with Crippen molar-refractivity contribution in [2.24, 2.45) is 5.92 Å². The Morgan fingerprint density at radius 1 is 1.46 bits per heavy atom. The number of ether oxygens (including phenoxy) is 2. The summed E-state index contributed by atoms with van der Waals surface area (Å²) in [7, 11) is 1.63. The number of imidazole rings is 1. The fraction of sp³-hybridized carbons (Fsp3) is 0.444. The first-order valence-electron chi connectivity index (χ1n) is 8.33. The van der Waals surface area contributed by atoms with Gasteiger partial charge >= 0.3 is 0 Å². The highest BCUT2D eigenvalue weighted by atomic mass is 16.5. The van der Waals surface area contributed by atoms with Crippen molar-refractivity contribution in [3.05, 3.63) is 42.0 Å². The zero-order chi connectivity index (χ0) is 16.5. The summed E-state index contributed by atoms with van der Waals surface area (Å²) in [5.74, 6) is 2.50. The smallest absolute Gasteiger partial charge is 0.227 e. The topological polar surface area (TPSA) is 65.4 Å². The molecule has 0 radical (unpaired) electrons. The van der Waals surface area contributed by atoms with Crippen LogP contribution in [-0.2, 0) is 24.2 Å². The first-order chi connectivity index (χ1) is 11.7. The van der Waals surface area contributed by atoms with Gasteiger partial charge in [-0.1, -0.05) is 12.1 Å². The van der Waals surface area contributed by atoms with E-state index in [1.807, 2.05) is 30.6 Å². The maximum absolute atomic E-state index is 12.6. The van der Waals surface area contributed by atoms with E-state index in [-0.39, 0.29) is 17.9 Å². The minimum absolute atomic E-state index is 0.0667. The molecule has 3 heterocycles. The number of methoxy groups -OCH3 is 1. The van der Waals surface area contributed by atoms with Gasteiger partial charge in [0.25, 0.3) is 0 Å². The van der Waals surface area contributed by atoms with E-state index in [0.717, 1.165) is 42.3 Å². The van der Waals surface area contributed by atoms with Gasteiger partial charge in [0, 0.05) is 31.4 Å². The predicted molar refractivity (Wildman–Crippen MR) is 88.2 cm³/mol. The number of aryl methyl sites for hydroxylation is 1. The fourth-order valence-corrected chi connectivity index (χ4v) is 3.53. The molecule has 24 heavy (non-hydrogen) atoms. The highest BCUT2D eigenvalue weighted by molar-refractivity contribution is 5.80. The van der Waals surface area contributed by atoms with Crippen LogP contribution in [0.2, 0.25) is 0 Å². The van der Waals surface area contributed by atoms with Crippen molar-refractivity contribution in [1.82, 2.24) is 14.9 Å². The van der Waals surface area contributed by atoms with Crippen LogP contribution in [0.3, 0.4) is 0 Å². The molecule has 2 atom stereocenters. The van der Waals surface area contributed by atoms with Crippen molar-refractivity contribution in [3.63, 3.8) is 0 Å². The molecule has 0 unspecified atom stereocenters. The van der Waals surface area contributed by atoms with Gasteiger partial charge in [0.15, 0.2) is 11.5 Å². The highest BCUT2D eigenvalue weighted by Crippen LogP contribution is 2.36. The van der Waals surface area contributed by atoms with Crippen LogP contribution in [-0.4, -0.2) is 35.2 Å². The second kappa shape index (κ2) is 6.19. The predicted octanol–water partition coefficient (Wildman–Crippen LogP) is 1.57. The van der Waals surface area contributed by atoms with Gasteiger partial charge in [0.05, 0.1) is 13.0 Å². The monoisotopic (exact) mass is 327 g/mol. The van der Waals surface area contributed by atoms with E-state index in [4.69, 9.17) is 9.47 Å². The number of hydrogen-bond donors (Lipinski definition) is 1. The zero-order valence-corrected chi connectivity index (χ0v) is 13.7. The summed E-state index contributed by atoms with van der Waals surface area (Å²) in [6.45, 7) is 1.18. The van der Waals surface area contributed by atoms with Gasteiger partial charge in [-0.05, 0) is 24.5 Å². The van der Waals surface area contributed by atoms with Crippen molar-refractivity contribution in [2.75, 3.05) is 13.7 Å². The van der Waals surface area contributed by atoms with Crippen LogP contribution >= 0.6 is 0 Å². The van der Waals surface area contributed by atoms with E-state index >= 15 is 0 Å². The van der Waals surface area contributed by atoms with Crippen LogP contribution in [0.5, 0.6) is 11.5 Å². The van der Waals surface area contributed by atoms with Crippen LogP contribution in [0.1, 0.15) is 17.8 Å². The summed E-state index contributed by atoms with van der Waals surface area (Å²) in [6.07, 6.45) is 6.31. The van der Waals surface area contributed by atoms with Gasteiger partial charge in [-0.25, -0.2) is 4.98 Å². The number of carbonyl (C=O) groups excluding carboxylic acids is 1. The molecule has 0 fully saturated rings. The number of amides is 1. The molecule has 0 bridgehead atoms. The minimum Gasteiger partial charge on any atom is -0.493 e. The second-order valence-corrected chi connectivity index (χ2v) is 6.40. The first-order valence-corrected chi connectivity index (χ1v) is 8.33. The molecular weight excluding hydrogens is 306 g/mol. The number of fused-ring (bicyclic) bond motifs is 2. The van der Waals surface area contributed by atoms with E-state index in [9.17, 15) is 4.79 Å². The van der Waals surface area contributed by atoms with Gasteiger partial charge in [-0.2, -0.15) is 0 Å². The molecule has 1 aromatic carbocycles. The number of nitrogens with one attached hydrogen (secondary N) is 1. The average Bonchev–Trinajstić information content (AvgIpc) is 3.08. The van der Waals surface area contributed by atoms with Gasteiger partial charge in [-0.15, -0.1) is 0 Å². The number of nitrogens with zero attached hydrogens (tertiary/aromatic N) is 2. The lowest BCUT2D eigenvalue weighted by molar-refractivity contribution is -0.127. The molecule has 1 amide bonds. The number of para-hydroxylation sites is 1. The number of carbonyl (C=O) groups is 1. The largest absolute Gasteiger partial charge is 0.493 e. The molecule has 1 aromatic heterocycles. The Morgan fingerprint density at radius 3 is 3.25 bits per heavy atom.